The number of amides is 1. The average molecular weight is 350 g/mol. The predicted molar refractivity (Wildman–Crippen MR) is 90.5 cm³/mol. The Labute approximate surface area is 144 Å². The van der Waals surface area contributed by atoms with Crippen molar-refractivity contribution in [2.45, 2.75) is 6.92 Å². The van der Waals surface area contributed by atoms with Crippen molar-refractivity contribution in [3.8, 4) is 11.5 Å². The normalized spacial score (nSPS) is 10.1. The van der Waals surface area contributed by atoms with E-state index in [9.17, 15) is 14.7 Å². The number of halogens is 1. The van der Waals surface area contributed by atoms with Crippen LogP contribution < -0.4 is 14.8 Å². The average Bonchev–Trinajstić information content (AvgIpc) is 2.56. The Morgan fingerprint density at radius 1 is 1.17 bits per heavy atom. The predicted octanol–water partition coefficient (Wildman–Crippen LogP) is 3.70. The summed E-state index contributed by atoms with van der Waals surface area (Å²) in [7, 11) is 1.43. The molecule has 7 heteroatoms. The fourth-order valence-corrected chi connectivity index (χ4v) is 2.32. The van der Waals surface area contributed by atoms with E-state index in [1.54, 1.807) is 31.2 Å². The van der Waals surface area contributed by atoms with E-state index in [4.69, 9.17) is 21.1 Å². The van der Waals surface area contributed by atoms with Crippen LogP contribution in [0.2, 0.25) is 5.02 Å². The third-order valence-corrected chi connectivity index (χ3v) is 3.53. The monoisotopic (exact) mass is 349 g/mol. The van der Waals surface area contributed by atoms with Gasteiger partial charge in [-0.15, -0.1) is 0 Å². The Balaban J connectivity index is 2.43. The minimum Gasteiger partial charge on any atom is -0.493 e. The number of carbonyl (C=O) groups excluding carboxylic acids is 1. The highest BCUT2D eigenvalue weighted by molar-refractivity contribution is 6.34. The highest BCUT2D eigenvalue weighted by Gasteiger charge is 2.19. The van der Waals surface area contributed by atoms with Crippen molar-refractivity contribution >= 4 is 29.2 Å². The number of carbonyl (C=O) groups is 2. The first-order valence-corrected chi connectivity index (χ1v) is 7.49. The van der Waals surface area contributed by atoms with E-state index in [2.05, 4.69) is 5.32 Å². The molecular formula is C17H16ClNO5. The van der Waals surface area contributed by atoms with Crippen LogP contribution in [-0.4, -0.2) is 30.7 Å². The second-order valence-corrected chi connectivity index (χ2v) is 5.13. The molecule has 0 bridgehead atoms. The van der Waals surface area contributed by atoms with Crippen molar-refractivity contribution in [2.24, 2.45) is 0 Å². The number of hydrogen-bond acceptors (Lipinski definition) is 4. The number of aromatic carboxylic acids is 1. The van der Waals surface area contributed by atoms with Gasteiger partial charge >= 0.3 is 5.97 Å². The van der Waals surface area contributed by atoms with Gasteiger partial charge in [0.15, 0.2) is 11.5 Å². The fraction of sp³-hybridized carbons (Fsp3) is 0.176. The quantitative estimate of drug-likeness (QED) is 0.830. The van der Waals surface area contributed by atoms with Gasteiger partial charge in [0.25, 0.3) is 5.91 Å². The van der Waals surface area contributed by atoms with Crippen molar-refractivity contribution in [3.63, 3.8) is 0 Å². The van der Waals surface area contributed by atoms with Crippen LogP contribution in [-0.2, 0) is 0 Å². The number of hydrogen-bond donors (Lipinski definition) is 2. The molecule has 0 aliphatic carbocycles. The number of benzene rings is 2. The summed E-state index contributed by atoms with van der Waals surface area (Å²) in [5, 5.41) is 12.2. The number of nitrogens with one attached hydrogen (secondary N) is 1. The number of carboxylic acid groups (broad SMARTS) is 1. The van der Waals surface area contributed by atoms with Gasteiger partial charge in [-0.1, -0.05) is 23.7 Å². The third-order valence-electron chi connectivity index (χ3n) is 3.20. The molecule has 2 aromatic rings. The van der Waals surface area contributed by atoms with Crippen molar-refractivity contribution in [3.05, 3.63) is 52.5 Å². The molecule has 1 amide bonds. The lowest BCUT2D eigenvalue weighted by Gasteiger charge is -2.15. The van der Waals surface area contributed by atoms with Gasteiger partial charge < -0.3 is 19.9 Å². The summed E-state index contributed by atoms with van der Waals surface area (Å²) in [5.74, 6) is -1.12. The standard InChI is InChI=1S/C17H16ClNO5/c1-3-24-15-8-11(17(21)22)13(9-14(15)23-2)19-16(20)10-6-4-5-7-12(10)18/h4-9H,3H2,1-2H3,(H,19,20)(H,21,22). The molecule has 0 unspecified atom stereocenters. The maximum absolute atomic E-state index is 12.4. The Kier molecular flexibility index (Phi) is 5.65. The molecule has 0 radical (unpaired) electrons. The molecule has 2 N–H and O–H groups in total. The largest absolute Gasteiger partial charge is 0.493 e. The van der Waals surface area contributed by atoms with E-state index < -0.39 is 11.9 Å². The summed E-state index contributed by atoms with van der Waals surface area (Å²) in [5.41, 5.74) is 0.218. The minimum atomic E-state index is -1.20. The second kappa shape index (κ2) is 7.70. The van der Waals surface area contributed by atoms with Crippen LogP contribution in [0, 0.1) is 0 Å². The lowest BCUT2D eigenvalue weighted by atomic mass is 10.1. The van der Waals surface area contributed by atoms with Crippen LogP contribution in [0.3, 0.4) is 0 Å². The van der Waals surface area contributed by atoms with Gasteiger partial charge in [-0.05, 0) is 19.1 Å². The van der Waals surface area contributed by atoms with Crippen LogP contribution in [0.1, 0.15) is 27.6 Å². The molecule has 0 saturated carbocycles. The van der Waals surface area contributed by atoms with E-state index in [1.165, 1.54) is 19.2 Å². The van der Waals surface area contributed by atoms with Crippen LogP contribution in [0.15, 0.2) is 36.4 Å². The number of carboxylic acids is 1. The number of rotatable bonds is 6. The molecule has 0 saturated heterocycles. The SMILES string of the molecule is CCOc1cc(C(=O)O)c(NC(=O)c2ccccc2Cl)cc1OC. The summed E-state index contributed by atoms with van der Waals surface area (Å²) in [4.78, 5) is 23.8. The highest BCUT2D eigenvalue weighted by atomic mass is 35.5. The molecule has 0 atom stereocenters. The first kappa shape index (κ1) is 17.6. The van der Waals surface area contributed by atoms with E-state index in [-0.39, 0.29) is 27.6 Å². The van der Waals surface area contributed by atoms with Crippen molar-refractivity contribution in [2.75, 3.05) is 19.0 Å². The molecule has 0 spiro atoms. The van der Waals surface area contributed by atoms with E-state index in [1.807, 2.05) is 0 Å². The van der Waals surface area contributed by atoms with Gasteiger partial charge in [0, 0.05) is 12.1 Å². The molecule has 24 heavy (non-hydrogen) atoms. The zero-order valence-corrected chi connectivity index (χ0v) is 13.9. The minimum absolute atomic E-state index is 0.0905. The smallest absolute Gasteiger partial charge is 0.337 e. The maximum atomic E-state index is 12.4. The molecular weight excluding hydrogens is 334 g/mol. The van der Waals surface area contributed by atoms with Crippen molar-refractivity contribution in [1.29, 1.82) is 0 Å². The van der Waals surface area contributed by atoms with Gasteiger partial charge in [0.05, 0.1) is 35.6 Å². The van der Waals surface area contributed by atoms with Gasteiger partial charge in [-0.3, -0.25) is 4.79 Å². The fourth-order valence-electron chi connectivity index (χ4n) is 2.10. The Morgan fingerprint density at radius 3 is 2.46 bits per heavy atom. The third kappa shape index (κ3) is 3.78. The lowest BCUT2D eigenvalue weighted by Crippen LogP contribution is -2.15. The first-order valence-electron chi connectivity index (χ1n) is 7.12. The van der Waals surface area contributed by atoms with Crippen molar-refractivity contribution < 1.29 is 24.2 Å². The summed E-state index contributed by atoms with van der Waals surface area (Å²) in [6, 6.07) is 9.20. The maximum Gasteiger partial charge on any atom is 0.337 e. The van der Waals surface area contributed by atoms with E-state index in [0.717, 1.165) is 0 Å². The summed E-state index contributed by atoms with van der Waals surface area (Å²) in [6.45, 7) is 2.12. The van der Waals surface area contributed by atoms with Gasteiger partial charge in [0.2, 0.25) is 0 Å². The zero-order chi connectivity index (χ0) is 17.7. The van der Waals surface area contributed by atoms with Crippen LogP contribution in [0.25, 0.3) is 0 Å². The summed E-state index contributed by atoms with van der Waals surface area (Å²) < 4.78 is 10.5. The second-order valence-electron chi connectivity index (χ2n) is 4.72. The summed E-state index contributed by atoms with van der Waals surface area (Å²) >= 11 is 5.99. The van der Waals surface area contributed by atoms with Crippen LogP contribution in [0.5, 0.6) is 11.5 Å². The van der Waals surface area contributed by atoms with Gasteiger partial charge in [-0.25, -0.2) is 4.79 Å². The number of anilines is 1. The molecule has 0 aromatic heterocycles. The van der Waals surface area contributed by atoms with Gasteiger partial charge in [0.1, 0.15) is 0 Å². The Hall–Kier alpha value is -2.73. The van der Waals surface area contributed by atoms with E-state index >= 15 is 0 Å². The first-order chi connectivity index (χ1) is 11.5. The van der Waals surface area contributed by atoms with Crippen LogP contribution >= 0.6 is 11.6 Å². The van der Waals surface area contributed by atoms with E-state index in [0.29, 0.717) is 12.4 Å². The van der Waals surface area contributed by atoms with Crippen molar-refractivity contribution in [1.82, 2.24) is 0 Å². The molecule has 6 nitrogen and oxygen atoms in total. The highest BCUT2D eigenvalue weighted by Crippen LogP contribution is 2.34. The molecule has 2 aromatic carbocycles. The molecule has 0 aliphatic rings. The van der Waals surface area contributed by atoms with Crippen LogP contribution in [0.4, 0.5) is 5.69 Å². The topological polar surface area (TPSA) is 84.9 Å². The molecule has 0 heterocycles. The Morgan fingerprint density at radius 2 is 1.88 bits per heavy atom. The zero-order valence-electron chi connectivity index (χ0n) is 13.1. The molecule has 126 valence electrons. The molecule has 0 aliphatic heterocycles. The lowest BCUT2D eigenvalue weighted by molar-refractivity contribution is 0.0697. The molecule has 0 fully saturated rings. The molecule has 2 rings (SSSR count). The number of methoxy groups -OCH3 is 1. The van der Waals surface area contributed by atoms with Gasteiger partial charge in [-0.2, -0.15) is 0 Å². The number of ether oxygens (including phenoxy) is 2. The Bertz CT molecular complexity index is 776. The summed E-state index contributed by atoms with van der Waals surface area (Å²) in [6.07, 6.45) is 0.